The first-order valence-electron chi connectivity index (χ1n) is 6.49. The molecule has 112 valence electrons. The zero-order valence-electron chi connectivity index (χ0n) is 11.0. The first-order valence-corrected chi connectivity index (χ1v) is 6.49. The Morgan fingerprint density at radius 3 is 2.58 bits per heavy atom. The number of carbonyl (C=O) groups excluding carboxylic acids is 1. The van der Waals surface area contributed by atoms with Crippen LogP contribution < -0.4 is 5.32 Å². The fraction of sp³-hybridized carbons (Fsp3) is 0.917. The standard InChI is InChI=1S/C12H20F3NO3/c1-2-19-11(17)10(16-9-3-4-9)5-7-18-8-6-12(13,14)15/h9-10,16H,2-8H2,1H3. The smallest absolute Gasteiger partial charge is 0.391 e. The number of hydrogen-bond donors (Lipinski definition) is 1. The highest BCUT2D eigenvalue weighted by atomic mass is 19.4. The molecule has 0 spiro atoms. The van der Waals surface area contributed by atoms with Crippen LogP contribution in [0.2, 0.25) is 0 Å². The molecule has 1 N–H and O–H groups in total. The molecule has 0 aromatic rings. The average molecular weight is 283 g/mol. The van der Waals surface area contributed by atoms with Crippen LogP contribution in [0.4, 0.5) is 13.2 Å². The number of alkyl halides is 3. The maximum atomic E-state index is 11.9. The molecule has 1 fully saturated rings. The molecule has 0 amide bonds. The summed E-state index contributed by atoms with van der Waals surface area (Å²) in [6, 6.07) is -0.164. The van der Waals surface area contributed by atoms with E-state index < -0.39 is 18.6 Å². The van der Waals surface area contributed by atoms with Crippen molar-refractivity contribution in [3.8, 4) is 0 Å². The van der Waals surface area contributed by atoms with Gasteiger partial charge in [0.2, 0.25) is 0 Å². The summed E-state index contributed by atoms with van der Waals surface area (Å²) in [5, 5.41) is 3.11. The van der Waals surface area contributed by atoms with Crippen molar-refractivity contribution in [1.29, 1.82) is 0 Å². The van der Waals surface area contributed by atoms with E-state index in [2.05, 4.69) is 5.32 Å². The Kier molecular flexibility index (Phi) is 6.57. The Hall–Kier alpha value is -0.820. The highest BCUT2D eigenvalue weighted by Gasteiger charge is 2.29. The number of rotatable bonds is 9. The van der Waals surface area contributed by atoms with Gasteiger partial charge in [0.1, 0.15) is 6.04 Å². The third-order valence-electron chi connectivity index (χ3n) is 2.67. The van der Waals surface area contributed by atoms with Gasteiger partial charge in [-0.3, -0.25) is 4.79 Å². The lowest BCUT2D eigenvalue weighted by atomic mass is 10.2. The Morgan fingerprint density at radius 1 is 1.37 bits per heavy atom. The highest BCUT2D eigenvalue weighted by Crippen LogP contribution is 2.21. The van der Waals surface area contributed by atoms with Gasteiger partial charge in [0.05, 0.1) is 19.6 Å². The highest BCUT2D eigenvalue weighted by molar-refractivity contribution is 5.75. The van der Waals surface area contributed by atoms with E-state index >= 15 is 0 Å². The molecule has 0 bridgehead atoms. The van der Waals surface area contributed by atoms with E-state index in [0.29, 0.717) is 12.5 Å². The van der Waals surface area contributed by atoms with Gasteiger partial charge in [0.15, 0.2) is 0 Å². The average Bonchev–Trinajstić information content (AvgIpc) is 3.09. The van der Waals surface area contributed by atoms with Crippen LogP contribution >= 0.6 is 0 Å². The van der Waals surface area contributed by atoms with Crippen molar-refractivity contribution in [3.05, 3.63) is 0 Å². The second kappa shape index (κ2) is 7.69. The Labute approximate surface area is 110 Å². The van der Waals surface area contributed by atoms with Crippen LogP contribution in [0.15, 0.2) is 0 Å². The molecule has 1 aliphatic carbocycles. The van der Waals surface area contributed by atoms with Crippen LogP contribution in [0.3, 0.4) is 0 Å². The van der Waals surface area contributed by atoms with Crippen LogP contribution in [0.1, 0.15) is 32.6 Å². The minimum atomic E-state index is -4.20. The van der Waals surface area contributed by atoms with Crippen LogP contribution in [-0.2, 0) is 14.3 Å². The van der Waals surface area contributed by atoms with Gasteiger partial charge < -0.3 is 14.8 Å². The molecular formula is C12H20F3NO3. The molecule has 0 aromatic carbocycles. The van der Waals surface area contributed by atoms with E-state index in [1.807, 2.05) is 0 Å². The van der Waals surface area contributed by atoms with Gasteiger partial charge in [-0.05, 0) is 26.2 Å². The van der Waals surface area contributed by atoms with Crippen molar-refractivity contribution in [2.24, 2.45) is 0 Å². The zero-order chi connectivity index (χ0) is 14.3. The van der Waals surface area contributed by atoms with Gasteiger partial charge in [-0.2, -0.15) is 13.2 Å². The largest absolute Gasteiger partial charge is 0.465 e. The predicted octanol–water partition coefficient (Wildman–Crippen LogP) is 2.03. The maximum absolute atomic E-state index is 11.9. The summed E-state index contributed by atoms with van der Waals surface area (Å²) in [6.07, 6.45) is -2.80. The van der Waals surface area contributed by atoms with E-state index in [1.54, 1.807) is 6.92 Å². The molecule has 4 nitrogen and oxygen atoms in total. The van der Waals surface area contributed by atoms with Gasteiger partial charge in [-0.25, -0.2) is 0 Å². The predicted molar refractivity (Wildman–Crippen MR) is 62.7 cm³/mol. The minimum absolute atomic E-state index is 0.110. The number of carbonyl (C=O) groups is 1. The molecule has 19 heavy (non-hydrogen) atoms. The molecule has 1 rings (SSSR count). The Balaban J connectivity index is 2.18. The molecule has 1 saturated carbocycles. The minimum Gasteiger partial charge on any atom is -0.465 e. The van der Waals surface area contributed by atoms with Crippen molar-refractivity contribution in [3.63, 3.8) is 0 Å². The van der Waals surface area contributed by atoms with Gasteiger partial charge in [-0.1, -0.05) is 0 Å². The summed E-state index contributed by atoms with van der Waals surface area (Å²) in [5.41, 5.74) is 0. The van der Waals surface area contributed by atoms with Gasteiger partial charge in [0.25, 0.3) is 0 Å². The number of halogens is 3. The normalized spacial score (nSPS) is 17.3. The molecule has 0 radical (unpaired) electrons. The first-order chi connectivity index (χ1) is 8.92. The number of esters is 1. The number of hydrogen-bond acceptors (Lipinski definition) is 4. The topological polar surface area (TPSA) is 47.6 Å². The summed E-state index contributed by atoms with van der Waals surface area (Å²) in [4.78, 5) is 11.6. The van der Waals surface area contributed by atoms with E-state index in [1.165, 1.54) is 0 Å². The fourth-order valence-corrected chi connectivity index (χ4v) is 1.54. The Bertz CT molecular complexity index is 280. The molecule has 1 atom stereocenters. The van der Waals surface area contributed by atoms with Crippen molar-refractivity contribution in [1.82, 2.24) is 5.32 Å². The SMILES string of the molecule is CCOC(=O)C(CCOCCC(F)(F)F)NC1CC1. The van der Waals surface area contributed by atoms with Gasteiger partial charge >= 0.3 is 12.1 Å². The summed E-state index contributed by atoms with van der Waals surface area (Å²) < 4.78 is 45.5. The molecule has 1 unspecified atom stereocenters. The lowest BCUT2D eigenvalue weighted by Gasteiger charge is -2.17. The molecule has 0 aromatic heterocycles. The van der Waals surface area contributed by atoms with Gasteiger partial charge in [0, 0.05) is 12.6 Å². The third kappa shape index (κ3) is 8.05. The summed E-state index contributed by atoms with van der Waals surface area (Å²) >= 11 is 0. The lowest BCUT2D eigenvalue weighted by molar-refractivity contribution is -0.149. The summed E-state index contributed by atoms with van der Waals surface area (Å²) in [6.45, 7) is 1.74. The summed E-state index contributed by atoms with van der Waals surface area (Å²) in [5.74, 6) is -0.367. The van der Waals surface area contributed by atoms with E-state index in [-0.39, 0.29) is 25.8 Å². The van der Waals surface area contributed by atoms with Crippen LogP contribution in [0.25, 0.3) is 0 Å². The van der Waals surface area contributed by atoms with Gasteiger partial charge in [-0.15, -0.1) is 0 Å². The fourth-order valence-electron chi connectivity index (χ4n) is 1.54. The molecule has 7 heteroatoms. The van der Waals surface area contributed by atoms with E-state index in [9.17, 15) is 18.0 Å². The van der Waals surface area contributed by atoms with Crippen LogP contribution in [-0.4, -0.2) is 44.0 Å². The number of nitrogens with one attached hydrogen (secondary N) is 1. The van der Waals surface area contributed by atoms with Crippen molar-refractivity contribution < 1.29 is 27.4 Å². The lowest BCUT2D eigenvalue weighted by Crippen LogP contribution is -2.40. The van der Waals surface area contributed by atoms with Crippen molar-refractivity contribution in [2.75, 3.05) is 19.8 Å². The van der Waals surface area contributed by atoms with Crippen molar-refractivity contribution in [2.45, 2.75) is 50.9 Å². The third-order valence-corrected chi connectivity index (χ3v) is 2.67. The molecule has 0 saturated heterocycles. The second-order valence-corrected chi connectivity index (χ2v) is 4.51. The zero-order valence-corrected chi connectivity index (χ0v) is 11.0. The Morgan fingerprint density at radius 2 is 2.05 bits per heavy atom. The molecular weight excluding hydrogens is 263 g/mol. The maximum Gasteiger partial charge on any atom is 0.391 e. The molecule has 1 aliphatic rings. The summed E-state index contributed by atoms with van der Waals surface area (Å²) in [7, 11) is 0. The number of ether oxygens (including phenoxy) is 2. The molecule has 0 aliphatic heterocycles. The van der Waals surface area contributed by atoms with E-state index in [4.69, 9.17) is 9.47 Å². The van der Waals surface area contributed by atoms with Crippen molar-refractivity contribution >= 4 is 5.97 Å². The molecule has 0 heterocycles. The van der Waals surface area contributed by atoms with E-state index in [0.717, 1.165) is 12.8 Å². The van der Waals surface area contributed by atoms with Crippen LogP contribution in [0.5, 0.6) is 0 Å². The quantitative estimate of drug-likeness (QED) is 0.519. The second-order valence-electron chi connectivity index (χ2n) is 4.51. The monoisotopic (exact) mass is 283 g/mol. The van der Waals surface area contributed by atoms with Crippen LogP contribution in [0, 0.1) is 0 Å². The first kappa shape index (κ1) is 16.2.